The second kappa shape index (κ2) is 9.93. The Balaban J connectivity index is 2.02. The van der Waals surface area contributed by atoms with Crippen molar-refractivity contribution in [2.45, 2.75) is 26.3 Å². The number of rotatable bonds is 7. The van der Waals surface area contributed by atoms with Crippen molar-refractivity contribution in [2.24, 2.45) is 5.92 Å². The van der Waals surface area contributed by atoms with Crippen molar-refractivity contribution >= 4 is 17.5 Å². The SMILES string of the molecule is CCC(C)C(NC(=O)c1ccc(N2CCN(C)CC2)cc1)C(=O)NCC#N. The van der Waals surface area contributed by atoms with Gasteiger partial charge in [-0.3, -0.25) is 9.59 Å². The van der Waals surface area contributed by atoms with Gasteiger partial charge in [-0.05, 0) is 37.2 Å². The van der Waals surface area contributed by atoms with Gasteiger partial charge in [0, 0.05) is 37.4 Å². The number of nitriles is 1. The minimum absolute atomic E-state index is 0.0303. The molecule has 0 bridgehead atoms. The molecule has 2 rings (SSSR count). The Hall–Kier alpha value is -2.59. The van der Waals surface area contributed by atoms with E-state index in [-0.39, 0.29) is 24.3 Å². The molecule has 1 aromatic rings. The van der Waals surface area contributed by atoms with Crippen LogP contribution < -0.4 is 15.5 Å². The number of carbonyl (C=O) groups is 2. The van der Waals surface area contributed by atoms with E-state index in [9.17, 15) is 9.59 Å². The molecule has 2 N–H and O–H groups in total. The van der Waals surface area contributed by atoms with Crippen LogP contribution in [0.3, 0.4) is 0 Å². The monoisotopic (exact) mass is 371 g/mol. The average Bonchev–Trinajstić information content (AvgIpc) is 2.70. The lowest BCUT2D eigenvalue weighted by molar-refractivity contribution is -0.123. The molecule has 1 aliphatic heterocycles. The summed E-state index contributed by atoms with van der Waals surface area (Å²) in [7, 11) is 2.12. The van der Waals surface area contributed by atoms with Crippen LogP contribution in [0.2, 0.25) is 0 Å². The van der Waals surface area contributed by atoms with Gasteiger partial charge in [0.15, 0.2) is 0 Å². The summed E-state index contributed by atoms with van der Waals surface area (Å²) >= 11 is 0. The largest absolute Gasteiger partial charge is 0.369 e. The van der Waals surface area contributed by atoms with Crippen molar-refractivity contribution in [3.63, 3.8) is 0 Å². The number of nitrogens with one attached hydrogen (secondary N) is 2. The van der Waals surface area contributed by atoms with E-state index < -0.39 is 6.04 Å². The predicted molar refractivity (Wildman–Crippen MR) is 105 cm³/mol. The molecular weight excluding hydrogens is 342 g/mol. The van der Waals surface area contributed by atoms with Crippen LogP contribution in [0, 0.1) is 17.2 Å². The molecule has 7 nitrogen and oxygen atoms in total. The van der Waals surface area contributed by atoms with Crippen LogP contribution in [0.25, 0.3) is 0 Å². The van der Waals surface area contributed by atoms with E-state index in [1.165, 1.54) is 0 Å². The van der Waals surface area contributed by atoms with Crippen molar-refractivity contribution in [1.29, 1.82) is 5.26 Å². The standard InChI is InChI=1S/C20H29N5O2/c1-4-15(2)18(20(27)22-10-9-21)23-19(26)16-5-7-17(8-6-16)25-13-11-24(3)12-14-25/h5-8,15,18H,4,10-14H2,1-3H3,(H,22,27)(H,23,26). The molecule has 1 aromatic carbocycles. The molecule has 0 aliphatic carbocycles. The summed E-state index contributed by atoms with van der Waals surface area (Å²) in [5.41, 5.74) is 1.62. The third kappa shape index (κ3) is 5.69. The Morgan fingerprint density at radius 1 is 1.19 bits per heavy atom. The molecule has 0 saturated carbocycles. The molecular formula is C20H29N5O2. The summed E-state index contributed by atoms with van der Waals surface area (Å²) in [6, 6.07) is 8.72. The number of likely N-dealkylation sites (N-methyl/N-ethyl adjacent to an activating group) is 1. The summed E-state index contributed by atoms with van der Waals surface area (Å²) in [5, 5.41) is 14.0. The van der Waals surface area contributed by atoms with Gasteiger partial charge < -0.3 is 20.4 Å². The number of benzene rings is 1. The fraction of sp³-hybridized carbons (Fsp3) is 0.550. The highest BCUT2D eigenvalue weighted by atomic mass is 16.2. The van der Waals surface area contributed by atoms with Crippen LogP contribution in [-0.2, 0) is 4.79 Å². The first-order valence-electron chi connectivity index (χ1n) is 9.45. The molecule has 27 heavy (non-hydrogen) atoms. The van der Waals surface area contributed by atoms with Gasteiger partial charge in [0.05, 0.1) is 6.07 Å². The zero-order valence-electron chi connectivity index (χ0n) is 16.4. The van der Waals surface area contributed by atoms with Crippen molar-refractivity contribution in [2.75, 3.05) is 44.7 Å². The molecule has 2 atom stereocenters. The molecule has 0 aromatic heterocycles. The maximum absolute atomic E-state index is 12.6. The summed E-state index contributed by atoms with van der Waals surface area (Å²) in [6.45, 7) is 7.79. The Morgan fingerprint density at radius 2 is 1.81 bits per heavy atom. The van der Waals surface area contributed by atoms with Crippen molar-refractivity contribution in [3.8, 4) is 6.07 Å². The van der Waals surface area contributed by atoms with E-state index in [2.05, 4.69) is 27.5 Å². The minimum atomic E-state index is -0.659. The van der Waals surface area contributed by atoms with Crippen molar-refractivity contribution in [3.05, 3.63) is 29.8 Å². The third-order valence-electron chi connectivity index (χ3n) is 5.12. The molecule has 2 unspecified atom stereocenters. The number of amides is 2. The Labute approximate surface area is 161 Å². The topological polar surface area (TPSA) is 88.5 Å². The Bertz CT molecular complexity index is 675. The third-order valence-corrected chi connectivity index (χ3v) is 5.12. The second-order valence-corrected chi connectivity index (χ2v) is 7.05. The maximum Gasteiger partial charge on any atom is 0.251 e. The summed E-state index contributed by atoms with van der Waals surface area (Å²) in [5.74, 6) is -0.636. The van der Waals surface area contributed by atoms with Crippen LogP contribution in [0.1, 0.15) is 30.6 Å². The highest BCUT2D eigenvalue weighted by Gasteiger charge is 2.26. The number of nitrogens with zero attached hydrogens (tertiary/aromatic N) is 3. The molecule has 0 radical (unpaired) electrons. The zero-order chi connectivity index (χ0) is 19.8. The van der Waals surface area contributed by atoms with E-state index >= 15 is 0 Å². The lowest BCUT2D eigenvalue weighted by Gasteiger charge is -2.34. The first-order valence-corrected chi connectivity index (χ1v) is 9.45. The van der Waals surface area contributed by atoms with Gasteiger partial charge in [-0.1, -0.05) is 20.3 Å². The van der Waals surface area contributed by atoms with Gasteiger partial charge in [-0.2, -0.15) is 5.26 Å². The molecule has 1 fully saturated rings. The van der Waals surface area contributed by atoms with E-state index in [4.69, 9.17) is 5.26 Å². The number of hydrogen-bond acceptors (Lipinski definition) is 5. The predicted octanol–water partition coefficient (Wildman–Crippen LogP) is 1.22. The Morgan fingerprint density at radius 3 is 2.37 bits per heavy atom. The number of anilines is 1. The number of carbonyl (C=O) groups excluding carboxylic acids is 2. The van der Waals surface area contributed by atoms with Crippen LogP contribution >= 0.6 is 0 Å². The normalized spacial score (nSPS) is 16.9. The molecule has 0 spiro atoms. The van der Waals surface area contributed by atoms with Crippen molar-refractivity contribution in [1.82, 2.24) is 15.5 Å². The van der Waals surface area contributed by atoms with Gasteiger partial charge in [0.25, 0.3) is 5.91 Å². The van der Waals surface area contributed by atoms with Gasteiger partial charge >= 0.3 is 0 Å². The van der Waals surface area contributed by atoms with Gasteiger partial charge in [0.1, 0.15) is 12.6 Å². The zero-order valence-corrected chi connectivity index (χ0v) is 16.4. The first kappa shape index (κ1) is 20.7. The smallest absolute Gasteiger partial charge is 0.251 e. The maximum atomic E-state index is 12.6. The van der Waals surface area contributed by atoms with Crippen LogP contribution in [-0.4, -0.2) is 62.5 Å². The molecule has 1 saturated heterocycles. The minimum Gasteiger partial charge on any atom is -0.369 e. The summed E-state index contributed by atoms with van der Waals surface area (Å²) < 4.78 is 0. The highest BCUT2D eigenvalue weighted by molar-refractivity contribution is 5.97. The Kier molecular flexibility index (Phi) is 7.62. The van der Waals surface area contributed by atoms with Gasteiger partial charge in [0.2, 0.25) is 5.91 Å². The van der Waals surface area contributed by atoms with E-state index in [0.717, 1.165) is 38.3 Å². The lowest BCUT2D eigenvalue weighted by Crippen LogP contribution is -2.50. The highest BCUT2D eigenvalue weighted by Crippen LogP contribution is 2.17. The van der Waals surface area contributed by atoms with E-state index in [1.807, 2.05) is 32.0 Å². The molecule has 146 valence electrons. The van der Waals surface area contributed by atoms with Gasteiger partial charge in [-0.25, -0.2) is 0 Å². The van der Waals surface area contributed by atoms with Crippen LogP contribution in [0.15, 0.2) is 24.3 Å². The fourth-order valence-corrected chi connectivity index (χ4v) is 3.05. The van der Waals surface area contributed by atoms with E-state index in [1.54, 1.807) is 12.1 Å². The molecule has 7 heteroatoms. The average molecular weight is 371 g/mol. The summed E-state index contributed by atoms with van der Waals surface area (Å²) in [4.78, 5) is 29.5. The van der Waals surface area contributed by atoms with E-state index in [0.29, 0.717) is 5.56 Å². The number of piperazine rings is 1. The van der Waals surface area contributed by atoms with Crippen LogP contribution in [0.4, 0.5) is 5.69 Å². The van der Waals surface area contributed by atoms with Crippen LogP contribution in [0.5, 0.6) is 0 Å². The molecule has 1 heterocycles. The first-order chi connectivity index (χ1) is 13.0. The lowest BCUT2D eigenvalue weighted by atomic mass is 9.98. The second-order valence-electron chi connectivity index (χ2n) is 7.05. The van der Waals surface area contributed by atoms with Crippen molar-refractivity contribution < 1.29 is 9.59 Å². The fourth-order valence-electron chi connectivity index (χ4n) is 3.05. The van der Waals surface area contributed by atoms with Gasteiger partial charge in [-0.15, -0.1) is 0 Å². The quantitative estimate of drug-likeness (QED) is 0.704. The molecule has 2 amide bonds. The molecule has 1 aliphatic rings. The number of hydrogen-bond donors (Lipinski definition) is 2. The summed E-state index contributed by atoms with van der Waals surface area (Å²) in [6.07, 6.45) is 0.743.